The molecule has 180 valence electrons. The molecule has 1 aromatic carbocycles. The van der Waals surface area contributed by atoms with Crippen molar-refractivity contribution in [3.8, 4) is 0 Å². The highest BCUT2D eigenvalue weighted by atomic mass is 32.2. The Morgan fingerprint density at radius 1 is 1.27 bits per heavy atom. The highest BCUT2D eigenvalue weighted by molar-refractivity contribution is 7.98. The van der Waals surface area contributed by atoms with Crippen LogP contribution in [0.2, 0.25) is 0 Å². The van der Waals surface area contributed by atoms with Gasteiger partial charge < -0.3 is 15.3 Å². The number of hydrogen-bond acceptors (Lipinski definition) is 8. The van der Waals surface area contributed by atoms with Gasteiger partial charge in [-0.05, 0) is 25.3 Å². The number of benzene rings is 1. The Hall–Kier alpha value is -2.41. The predicted octanol–water partition coefficient (Wildman–Crippen LogP) is 1.77. The molecule has 12 heteroatoms. The van der Waals surface area contributed by atoms with E-state index in [0.29, 0.717) is 29.6 Å². The van der Waals surface area contributed by atoms with Crippen LogP contribution >= 0.6 is 11.8 Å². The van der Waals surface area contributed by atoms with E-state index in [1.807, 2.05) is 30.3 Å². The summed E-state index contributed by atoms with van der Waals surface area (Å²) in [5, 5.41) is 12.8. The summed E-state index contributed by atoms with van der Waals surface area (Å²) in [6.45, 7) is 1.93. The summed E-state index contributed by atoms with van der Waals surface area (Å²) in [5.41, 5.74) is 1.08. The van der Waals surface area contributed by atoms with Crippen molar-refractivity contribution < 1.29 is 18.3 Å². The highest BCUT2D eigenvalue weighted by Crippen LogP contribution is 2.26. The second-order valence-electron chi connectivity index (χ2n) is 8.03. The second kappa shape index (κ2) is 11.1. The van der Waals surface area contributed by atoms with E-state index >= 15 is 0 Å². The minimum Gasteiger partial charge on any atom is -0.394 e. The third-order valence-electron chi connectivity index (χ3n) is 5.06. The Labute approximate surface area is 199 Å². The maximum Gasteiger partial charge on any atom is 0.303 e. The van der Waals surface area contributed by atoms with Gasteiger partial charge in [0.05, 0.1) is 6.61 Å². The lowest BCUT2D eigenvalue weighted by atomic mass is 10.2. The van der Waals surface area contributed by atoms with E-state index in [0.717, 1.165) is 5.56 Å². The SMILES string of the molecule is C[C@H](CO)Nc1cc(NS(=O)(=O)N2CCC[C@@H]2C(=O)N(C)C)nc(SCc2ccccc2)n1. The molecular weight excluding hydrogens is 464 g/mol. The minimum absolute atomic E-state index is 0.0937. The van der Waals surface area contributed by atoms with E-state index in [1.165, 1.54) is 27.0 Å². The number of aromatic nitrogens is 2. The molecule has 33 heavy (non-hydrogen) atoms. The number of thioether (sulfide) groups is 1. The lowest BCUT2D eigenvalue weighted by Gasteiger charge is -2.25. The van der Waals surface area contributed by atoms with Crippen molar-refractivity contribution in [1.29, 1.82) is 0 Å². The van der Waals surface area contributed by atoms with Gasteiger partial charge in [-0.3, -0.25) is 9.52 Å². The molecule has 3 N–H and O–H groups in total. The van der Waals surface area contributed by atoms with Gasteiger partial charge in [0.2, 0.25) is 5.91 Å². The lowest BCUT2D eigenvalue weighted by molar-refractivity contribution is -0.132. The first kappa shape index (κ1) is 25.2. The first-order valence-corrected chi connectivity index (χ1v) is 13.1. The first-order chi connectivity index (χ1) is 15.7. The Bertz CT molecular complexity index is 1050. The maximum absolute atomic E-state index is 13.1. The van der Waals surface area contributed by atoms with E-state index in [9.17, 15) is 18.3 Å². The normalized spacial score (nSPS) is 17.5. The average molecular weight is 495 g/mol. The van der Waals surface area contributed by atoms with Gasteiger partial charge in [-0.15, -0.1) is 0 Å². The first-order valence-electron chi connectivity index (χ1n) is 10.6. The zero-order valence-electron chi connectivity index (χ0n) is 18.9. The van der Waals surface area contributed by atoms with E-state index < -0.39 is 16.3 Å². The number of nitrogens with zero attached hydrogens (tertiary/aromatic N) is 4. The van der Waals surface area contributed by atoms with E-state index in [-0.39, 0.29) is 30.9 Å². The molecule has 2 aromatic rings. The van der Waals surface area contributed by atoms with Gasteiger partial charge >= 0.3 is 10.2 Å². The Kier molecular flexibility index (Phi) is 8.51. The van der Waals surface area contributed by atoms with Crippen molar-refractivity contribution in [3.63, 3.8) is 0 Å². The summed E-state index contributed by atoms with van der Waals surface area (Å²) in [4.78, 5) is 22.7. The van der Waals surface area contributed by atoms with Gasteiger partial charge in [-0.1, -0.05) is 42.1 Å². The van der Waals surface area contributed by atoms with Crippen LogP contribution in [0.3, 0.4) is 0 Å². The van der Waals surface area contributed by atoms with Crippen molar-refractivity contribution in [3.05, 3.63) is 42.0 Å². The fourth-order valence-electron chi connectivity index (χ4n) is 3.40. The predicted molar refractivity (Wildman–Crippen MR) is 129 cm³/mol. The van der Waals surface area contributed by atoms with Gasteiger partial charge in [-0.25, -0.2) is 9.97 Å². The van der Waals surface area contributed by atoms with Gasteiger partial charge in [0.15, 0.2) is 5.16 Å². The quantitative estimate of drug-likeness (QED) is 0.337. The molecule has 1 amide bonds. The zero-order valence-corrected chi connectivity index (χ0v) is 20.6. The number of hydrogen-bond donors (Lipinski definition) is 3. The van der Waals surface area contributed by atoms with Crippen molar-refractivity contribution in [2.45, 2.75) is 42.8 Å². The highest BCUT2D eigenvalue weighted by Gasteiger charge is 2.39. The van der Waals surface area contributed by atoms with Crippen LogP contribution < -0.4 is 10.0 Å². The number of anilines is 2. The third kappa shape index (κ3) is 6.79. The van der Waals surface area contributed by atoms with Crippen LogP contribution in [0.1, 0.15) is 25.3 Å². The zero-order chi connectivity index (χ0) is 24.0. The Morgan fingerprint density at radius 3 is 2.64 bits per heavy atom. The number of amides is 1. The molecule has 0 unspecified atom stereocenters. The standard InChI is InChI=1S/C21H30N6O4S2/c1-15(13-28)22-18-12-19(24-21(23-18)32-14-16-8-5-4-6-9-16)25-33(30,31)27-11-7-10-17(27)20(29)26(2)3/h4-6,8-9,12,15,17,28H,7,10-11,13-14H2,1-3H3,(H2,22,23,24,25)/t15-,17-/m1/s1. The molecule has 1 aliphatic heterocycles. The molecule has 0 spiro atoms. The summed E-state index contributed by atoms with van der Waals surface area (Å²) in [5.74, 6) is 0.842. The Morgan fingerprint density at radius 2 is 1.97 bits per heavy atom. The topological polar surface area (TPSA) is 128 Å². The molecule has 0 bridgehead atoms. The number of carbonyl (C=O) groups is 1. The average Bonchev–Trinajstić information content (AvgIpc) is 3.28. The van der Waals surface area contributed by atoms with Crippen LogP contribution in [0.5, 0.6) is 0 Å². The summed E-state index contributed by atoms with van der Waals surface area (Å²) < 4.78 is 30.0. The van der Waals surface area contributed by atoms with Gasteiger partial charge in [0, 0.05) is 38.5 Å². The number of likely N-dealkylation sites (N-methyl/N-ethyl adjacent to an activating group) is 1. The van der Waals surface area contributed by atoms with Crippen LogP contribution in [-0.4, -0.2) is 77.9 Å². The van der Waals surface area contributed by atoms with Crippen molar-refractivity contribution in [1.82, 2.24) is 19.2 Å². The number of carbonyl (C=O) groups excluding carboxylic acids is 1. The van der Waals surface area contributed by atoms with Crippen molar-refractivity contribution >= 4 is 39.5 Å². The number of aliphatic hydroxyl groups excluding tert-OH is 1. The van der Waals surface area contributed by atoms with E-state index in [1.54, 1.807) is 21.0 Å². The molecule has 0 radical (unpaired) electrons. The number of rotatable bonds is 10. The maximum atomic E-state index is 13.1. The van der Waals surface area contributed by atoms with Crippen LogP contribution in [0.4, 0.5) is 11.6 Å². The molecule has 1 fully saturated rings. The fourth-order valence-corrected chi connectivity index (χ4v) is 5.60. The third-order valence-corrected chi connectivity index (χ3v) is 7.50. The van der Waals surface area contributed by atoms with E-state index in [4.69, 9.17) is 0 Å². The van der Waals surface area contributed by atoms with Crippen LogP contribution in [0.15, 0.2) is 41.6 Å². The summed E-state index contributed by atoms with van der Waals surface area (Å²) >= 11 is 1.37. The Balaban J connectivity index is 1.83. The minimum atomic E-state index is -4.02. The molecule has 0 saturated carbocycles. The fraction of sp³-hybridized carbons (Fsp3) is 0.476. The molecule has 0 aliphatic carbocycles. The number of aliphatic hydroxyl groups is 1. The van der Waals surface area contributed by atoms with Crippen molar-refractivity contribution in [2.75, 3.05) is 37.3 Å². The van der Waals surface area contributed by atoms with Gasteiger partial charge in [-0.2, -0.15) is 12.7 Å². The van der Waals surface area contributed by atoms with Gasteiger partial charge in [0.25, 0.3) is 0 Å². The summed E-state index contributed by atoms with van der Waals surface area (Å²) in [7, 11) is -0.794. The molecule has 1 aliphatic rings. The van der Waals surface area contributed by atoms with Crippen LogP contribution in [0.25, 0.3) is 0 Å². The van der Waals surface area contributed by atoms with Crippen LogP contribution in [-0.2, 0) is 20.8 Å². The monoisotopic (exact) mass is 494 g/mol. The summed E-state index contributed by atoms with van der Waals surface area (Å²) in [6.07, 6.45) is 1.08. The molecular formula is C21H30N6O4S2. The second-order valence-corrected chi connectivity index (χ2v) is 10.6. The van der Waals surface area contributed by atoms with Crippen molar-refractivity contribution in [2.24, 2.45) is 0 Å². The molecule has 10 nitrogen and oxygen atoms in total. The molecule has 1 saturated heterocycles. The smallest absolute Gasteiger partial charge is 0.303 e. The molecule has 2 atom stereocenters. The molecule has 3 rings (SSSR count). The molecule has 2 heterocycles. The van der Waals surface area contributed by atoms with Gasteiger partial charge in [0.1, 0.15) is 17.7 Å². The summed E-state index contributed by atoms with van der Waals surface area (Å²) in [6, 6.07) is 10.3. The van der Waals surface area contributed by atoms with Crippen LogP contribution in [0, 0.1) is 0 Å². The van der Waals surface area contributed by atoms with E-state index in [2.05, 4.69) is 20.0 Å². The largest absolute Gasteiger partial charge is 0.394 e. The molecule has 1 aromatic heterocycles. The lowest BCUT2D eigenvalue weighted by Crippen LogP contribution is -2.47. The number of nitrogens with one attached hydrogen (secondary N) is 2.